The molecular formula is C27H45I. The molecular weight excluding hydrogens is 451 g/mol. The zero-order valence-corrected chi connectivity index (χ0v) is 21.7. The summed E-state index contributed by atoms with van der Waals surface area (Å²) >= 11 is 2.61. The highest BCUT2D eigenvalue weighted by Crippen LogP contribution is 2.89. The molecule has 0 radical (unpaired) electrons. The van der Waals surface area contributed by atoms with Crippen LogP contribution in [0.3, 0.4) is 0 Å². The maximum Gasteiger partial charge on any atom is -0.000209 e. The van der Waals surface area contributed by atoms with Crippen molar-refractivity contribution in [1.29, 1.82) is 0 Å². The number of hydrogen-bond donors (Lipinski definition) is 0. The minimum absolute atomic E-state index is 0.571. The van der Waals surface area contributed by atoms with E-state index in [2.05, 4.69) is 64.1 Å². The Bertz CT molecular complexity index is 653. The van der Waals surface area contributed by atoms with Crippen molar-refractivity contribution >= 4 is 22.6 Å². The van der Waals surface area contributed by atoms with Gasteiger partial charge >= 0.3 is 0 Å². The fraction of sp³-hybridized carbons (Fsp3) is 1.00. The second-order valence-electron chi connectivity index (χ2n) is 13.4. The third-order valence-corrected chi connectivity index (χ3v) is 13.6. The van der Waals surface area contributed by atoms with E-state index in [9.17, 15) is 0 Å². The van der Waals surface area contributed by atoms with Gasteiger partial charge in [0.25, 0.3) is 0 Å². The maximum atomic E-state index is 2.79. The first kappa shape index (κ1) is 20.6. The first-order chi connectivity index (χ1) is 13.1. The van der Waals surface area contributed by atoms with Gasteiger partial charge in [-0.2, -0.15) is 0 Å². The topological polar surface area (TPSA) is 0 Å². The lowest BCUT2D eigenvalue weighted by molar-refractivity contribution is -0.149. The van der Waals surface area contributed by atoms with E-state index in [4.69, 9.17) is 0 Å². The monoisotopic (exact) mass is 496 g/mol. The molecule has 5 aliphatic rings. The summed E-state index contributed by atoms with van der Waals surface area (Å²) < 4.78 is 1.34. The molecule has 5 saturated carbocycles. The Morgan fingerprint density at radius 1 is 0.821 bits per heavy atom. The normalized spacial score (nSPS) is 57.5. The van der Waals surface area contributed by atoms with Gasteiger partial charge in [-0.25, -0.2) is 0 Å². The largest absolute Gasteiger partial charge is 0.0864 e. The molecule has 0 amide bonds. The molecule has 1 heteroatoms. The fourth-order valence-corrected chi connectivity index (χ4v) is 11.8. The number of hydrogen-bond acceptors (Lipinski definition) is 0. The van der Waals surface area contributed by atoms with Gasteiger partial charge in [-0.1, -0.05) is 64.1 Å². The molecule has 5 rings (SSSR count). The molecule has 5 fully saturated rings. The third-order valence-electron chi connectivity index (χ3n) is 13.0. The van der Waals surface area contributed by atoms with Crippen molar-refractivity contribution < 1.29 is 0 Å². The van der Waals surface area contributed by atoms with Crippen LogP contribution >= 0.6 is 22.6 Å². The lowest BCUT2D eigenvalue weighted by Gasteiger charge is -2.63. The summed E-state index contributed by atoms with van der Waals surface area (Å²) in [4.78, 5) is 0. The van der Waals surface area contributed by atoms with E-state index in [1.54, 1.807) is 38.5 Å². The van der Waals surface area contributed by atoms with E-state index < -0.39 is 0 Å². The Morgan fingerprint density at radius 2 is 1.50 bits per heavy atom. The van der Waals surface area contributed by atoms with E-state index in [0.29, 0.717) is 16.2 Å². The van der Waals surface area contributed by atoms with Crippen molar-refractivity contribution in [1.82, 2.24) is 0 Å². The molecule has 0 aromatic carbocycles. The molecule has 9 atom stereocenters. The summed E-state index contributed by atoms with van der Waals surface area (Å²) in [5.41, 5.74) is 3.31. The summed E-state index contributed by atoms with van der Waals surface area (Å²) in [5.74, 6) is 4.89. The number of fused-ring (bicyclic) bond motifs is 2. The number of alkyl halides is 1. The Labute approximate surface area is 188 Å². The van der Waals surface area contributed by atoms with E-state index in [0.717, 1.165) is 40.4 Å². The van der Waals surface area contributed by atoms with Crippen molar-refractivity contribution in [3.63, 3.8) is 0 Å². The second kappa shape index (κ2) is 6.16. The Balaban J connectivity index is 1.49. The smallest absolute Gasteiger partial charge is 0.000209 e. The Kier molecular flexibility index (Phi) is 4.53. The molecule has 160 valence electrons. The molecule has 0 nitrogen and oxygen atoms in total. The van der Waals surface area contributed by atoms with Crippen molar-refractivity contribution in [2.75, 3.05) is 4.43 Å². The highest BCUT2D eigenvalue weighted by Gasteiger charge is 2.81. The van der Waals surface area contributed by atoms with Gasteiger partial charge in [0.05, 0.1) is 0 Å². The molecule has 0 N–H and O–H groups in total. The molecule has 0 aromatic heterocycles. The van der Waals surface area contributed by atoms with Crippen LogP contribution in [0.15, 0.2) is 0 Å². The van der Waals surface area contributed by atoms with Crippen LogP contribution in [0.25, 0.3) is 0 Å². The van der Waals surface area contributed by atoms with Crippen LogP contribution in [0.1, 0.15) is 106 Å². The molecule has 2 spiro atoms. The third kappa shape index (κ3) is 2.20. The van der Waals surface area contributed by atoms with Crippen LogP contribution in [0.5, 0.6) is 0 Å². The van der Waals surface area contributed by atoms with Gasteiger partial charge in [-0.3, -0.25) is 0 Å². The molecule has 0 aromatic rings. The van der Waals surface area contributed by atoms with E-state index in [-0.39, 0.29) is 0 Å². The maximum absolute atomic E-state index is 2.79. The highest BCUT2D eigenvalue weighted by atomic mass is 127. The lowest BCUT2D eigenvalue weighted by atomic mass is 9.41. The second-order valence-corrected chi connectivity index (χ2v) is 14.4. The average Bonchev–Trinajstić information content (AvgIpc) is 3.22. The minimum atomic E-state index is 0.571. The van der Waals surface area contributed by atoms with Gasteiger partial charge in [-0.05, 0) is 125 Å². The van der Waals surface area contributed by atoms with E-state index in [1.165, 1.54) is 30.1 Å². The van der Waals surface area contributed by atoms with Gasteiger partial charge in [0.2, 0.25) is 0 Å². The Morgan fingerprint density at radius 3 is 2.21 bits per heavy atom. The predicted octanol–water partition coefficient (Wildman–Crippen LogP) is 8.52. The predicted molar refractivity (Wildman–Crippen MR) is 129 cm³/mol. The van der Waals surface area contributed by atoms with Crippen LogP contribution in [0.2, 0.25) is 0 Å². The zero-order chi connectivity index (χ0) is 20.2. The summed E-state index contributed by atoms with van der Waals surface area (Å²) in [6, 6.07) is 0. The molecule has 0 bridgehead atoms. The summed E-state index contributed by atoms with van der Waals surface area (Å²) in [5, 5.41) is 0. The molecule has 0 heterocycles. The Hall–Kier alpha value is 0.730. The average molecular weight is 497 g/mol. The van der Waals surface area contributed by atoms with Crippen LogP contribution in [-0.4, -0.2) is 4.43 Å². The molecule has 5 aliphatic carbocycles. The standard InChI is InChI=1S/C27H45I/c1-18(11-16-28)20-10-12-25(6)22-8-7-21-23(3,4)19(2)9-13-26(21)17-27(22,26)15-14-24(20,25)5/h18-22H,7-17H2,1-6H3/t18-,19+,20-,21+,22+,24-,25+,26-,27+/m1/s1. The SMILES string of the molecule is C[C@H](CCI)[C@H]1CC[C@@]2(C)[C@@H]3CC[C@H]4C(C)(C)[C@@H](C)CC[C@@]45C[C@@]35CC[C@]12C. The van der Waals surface area contributed by atoms with Gasteiger partial charge in [0.1, 0.15) is 0 Å². The summed E-state index contributed by atoms with van der Waals surface area (Å²) in [6.45, 7) is 16.0. The van der Waals surface area contributed by atoms with Gasteiger partial charge < -0.3 is 0 Å². The summed E-state index contributed by atoms with van der Waals surface area (Å²) in [6.07, 6.45) is 15.4. The molecule has 0 unspecified atom stereocenters. The van der Waals surface area contributed by atoms with Gasteiger partial charge in [0, 0.05) is 0 Å². The molecule has 0 aliphatic heterocycles. The van der Waals surface area contributed by atoms with E-state index >= 15 is 0 Å². The van der Waals surface area contributed by atoms with Crippen molar-refractivity contribution in [2.24, 2.45) is 56.7 Å². The molecule has 28 heavy (non-hydrogen) atoms. The van der Waals surface area contributed by atoms with Gasteiger partial charge in [-0.15, -0.1) is 0 Å². The van der Waals surface area contributed by atoms with Gasteiger partial charge in [0.15, 0.2) is 0 Å². The molecule has 0 saturated heterocycles. The van der Waals surface area contributed by atoms with Crippen molar-refractivity contribution in [3.8, 4) is 0 Å². The first-order valence-electron chi connectivity index (χ1n) is 12.6. The van der Waals surface area contributed by atoms with Crippen molar-refractivity contribution in [3.05, 3.63) is 0 Å². The van der Waals surface area contributed by atoms with Crippen LogP contribution in [0.4, 0.5) is 0 Å². The fourth-order valence-electron chi connectivity index (χ4n) is 10.9. The summed E-state index contributed by atoms with van der Waals surface area (Å²) in [7, 11) is 0. The first-order valence-corrected chi connectivity index (χ1v) is 14.2. The highest BCUT2D eigenvalue weighted by molar-refractivity contribution is 14.1. The minimum Gasteiger partial charge on any atom is -0.0864 e. The van der Waals surface area contributed by atoms with Crippen LogP contribution in [0, 0.1) is 56.7 Å². The van der Waals surface area contributed by atoms with Crippen LogP contribution < -0.4 is 0 Å². The number of rotatable bonds is 3. The zero-order valence-electron chi connectivity index (χ0n) is 19.5. The number of halogens is 1. The van der Waals surface area contributed by atoms with E-state index in [1.807, 2.05) is 0 Å². The van der Waals surface area contributed by atoms with Crippen LogP contribution in [-0.2, 0) is 0 Å². The lowest BCUT2D eigenvalue weighted by Crippen LogP contribution is -2.56. The quantitative estimate of drug-likeness (QED) is 0.271. The van der Waals surface area contributed by atoms with Crippen molar-refractivity contribution in [2.45, 2.75) is 106 Å².